The van der Waals surface area contributed by atoms with Crippen molar-refractivity contribution in [2.45, 2.75) is 12.6 Å². The zero-order valence-electron chi connectivity index (χ0n) is 17.0. The van der Waals surface area contributed by atoms with Gasteiger partial charge in [0.2, 0.25) is 0 Å². The van der Waals surface area contributed by atoms with Crippen LogP contribution in [0.3, 0.4) is 0 Å². The van der Waals surface area contributed by atoms with Crippen LogP contribution in [0.15, 0.2) is 53.5 Å². The summed E-state index contributed by atoms with van der Waals surface area (Å²) >= 11 is 0. The standard InChI is InChI=1S/C22H29FN4O2/c1-24-22(25-15-18-6-3-4-9-21(18)28-2)26-16-20(27-10-12-29-13-11-27)17-7-5-8-19(23)14-17/h3-9,14,20H,10-13,15-16H2,1-2H3,(H2,24,25,26). The number of nitrogens with one attached hydrogen (secondary N) is 2. The van der Waals surface area contributed by atoms with E-state index in [1.54, 1.807) is 26.3 Å². The zero-order valence-corrected chi connectivity index (χ0v) is 17.0. The van der Waals surface area contributed by atoms with Crippen LogP contribution >= 0.6 is 0 Å². The Balaban J connectivity index is 1.65. The predicted molar refractivity (Wildman–Crippen MR) is 113 cm³/mol. The minimum Gasteiger partial charge on any atom is -0.496 e. The Kier molecular flexibility index (Phi) is 7.84. The van der Waals surface area contributed by atoms with Crippen molar-refractivity contribution >= 4 is 5.96 Å². The smallest absolute Gasteiger partial charge is 0.191 e. The summed E-state index contributed by atoms with van der Waals surface area (Å²) in [5.74, 6) is 1.30. The van der Waals surface area contributed by atoms with E-state index in [0.29, 0.717) is 32.3 Å². The van der Waals surface area contributed by atoms with E-state index < -0.39 is 0 Å². The van der Waals surface area contributed by atoms with Gasteiger partial charge >= 0.3 is 0 Å². The number of halogens is 1. The van der Waals surface area contributed by atoms with Gasteiger partial charge in [-0.25, -0.2) is 4.39 Å². The van der Waals surface area contributed by atoms with E-state index in [9.17, 15) is 4.39 Å². The molecule has 3 rings (SSSR count). The summed E-state index contributed by atoms with van der Waals surface area (Å²) < 4.78 is 24.7. The highest BCUT2D eigenvalue weighted by molar-refractivity contribution is 5.79. The van der Waals surface area contributed by atoms with Gasteiger partial charge in [0, 0.05) is 38.8 Å². The summed E-state index contributed by atoms with van der Waals surface area (Å²) in [5, 5.41) is 6.71. The normalized spacial score (nSPS) is 16.3. The van der Waals surface area contributed by atoms with E-state index >= 15 is 0 Å². The molecule has 1 unspecified atom stereocenters. The monoisotopic (exact) mass is 400 g/mol. The summed E-state index contributed by atoms with van der Waals surface area (Å²) in [5.41, 5.74) is 1.99. The van der Waals surface area contributed by atoms with Crippen LogP contribution in [0.1, 0.15) is 17.2 Å². The minimum atomic E-state index is -0.223. The molecule has 7 heteroatoms. The van der Waals surface area contributed by atoms with Crippen LogP contribution in [0, 0.1) is 5.82 Å². The van der Waals surface area contributed by atoms with Gasteiger partial charge in [-0.2, -0.15) is 0 Å². The predicted octanol–water partition coefficient (Wildman–Crippen LogP) is 2.57. The van der Waals surface area contributed by atoms with Crippen molar-refractivity contribution in [2.24, 2.45) is 4.99 Å². The fraction of sp³-hybridized carbons (Fsp3) is 0.409. The molecule has 156 valence electrons. The lowest BCUT2D eigenvalue weighted by Gasteiger charge is -2.35. The molecule has 1 fully saturated rings. The molecular weight excluding hydrogens is 371 g/mol. The van der Waals surface area contributed by atoms with Gasteiger partial charge in [-0.05, 0) is 23.8 Å². The number of benzene rings is 2. The van der Waals surface area contributed by atoms with Gasteiger partial charge in [0.1, 0.15) is 11.6 Å². The fourth-order valence-electron chi connectivity index (χ4n) is 3.50. The number of aliphatic imine (C=N–C) groups is 1. The third-order valence-electron chi connectivity index (χ3n) is 5.05. The first-order chi connectivity index (χ1) is 14.2. The Hall–Kier alpha value is -2.64. The molecule has 6 nitrogen and oxygen atoms in total. The maximum Gasteiger partial charge on any atom is 0.191 e. The van der Waals surface area contributed by atoms with Gasteiger partial charge in [0.05, 0.1) is 26.4 Å². The van der Waals surface area contributed by atoms with Crippen LogP contribution in [0.25, 0.3) is 0 Å². The van der Waals surface area contributed by atoms with Crippen LogP contribution in [0.2, 0.25) is 0 Å². The molecule has 0 saturated carbocycles. The molecule has 2 N–H and O–H groups in total. The minimum absolute atomic E-state index is 0.0272. The average molecular weight is 400 g/mol. The Labute approximate surface area is 171 Å². The van der Waals surface area contributed by atoms with E-state index in [2.05, 4.69) is 20.5 Å². The molecule has 0 amide bonds. The number of para-hydroxylation sites is 1. The van der Waals surface area contributed by atoms with Crippen LogP contribution in [0.5, 0.6) is 5.75 Å². The number of methoxy groups -OCH3 is 1. The molecule has 0 aromatic heterocycles. The van der Waals surface area contributed by atoms with Crippen LogP contribution in [0.4, 0.5) is 4.39 Å². The Morgan fingerprint density at radius 1 is 1.17 bits per heavy atom. The second-order valence-electron chi connectivity index (χ2n) is 6.84. The molecule has 0 aliphatic carbocycles. The lowest BCUT2D eigenvalue weighted by molar-refractivity contribution is 0.0169. The van der Waals surface area contributed by atoms with E-state index in [1.165, 1.54) is 6.07 Å². The number of morpholine rings is 1. The van der Waals surface area contributed by atoms with Gasteiger partial charge in [-0.3, -0.25) is 9.89 Å². The topological polar surface area (TPSA) is 58.1 Å². The number of ether oxygens (including phenoxy) is 2. The molecule has 1 saturated heterocycles. The van der Waals surface area contributed by atoms with Crippen molar-refractivity contribution < 1.29 is 13.9 Å². The van der Waals surface area contributed by atoms with E-state index in [-0.39, 0.29) is 11.9 Å². The van der Waals surface area contributed by atoms with Crippen molar-refractivity contribution in [3.05, 3.63) is 65.5 Å². The number of nitrogens with zero attached hydrogens (tertiary/aromatic N) is 2. The molecule has 2 aromatic rings. The summed E-state index contributed by atoms with van der Waals surface area (Å²) in [6.07, 6.45) is 0. The second-order valence-corrected chi connectivity index (χ2v) is 6.84. The lowest BCUT2D eigenvalue weighted by Crippen LogP contribution is -2.46. The number of guanidine groups is 1. The molecule has 0 bridgehead atoms. The number of hydrogen-bond donors (Lipinski definition) is 2. The molecule has 1 aliphatic rings. The Bertz CT molecular complexity index is 809. The molecule has 29 heavy (non-hydrogen) atoms. The highest BCUT2D eigenvalue weighted by Gasteiger charge is 2.23. The third-order valence-corrected chi connectivity index (χ3v) is 5.05. The largest absolute Gasteiger partial charge is 0.496 e. The first kappa shape index (κ1) is 21.1. The molecule has 2 aromatic carbocycles. The third kappa shape index (κ3) is 5.92. The quantitative estimate of drug-likeness (QED) is 0.553. The maximum atomic E-state index is 13.8. The van der Waals surface area contributed by atoms with Crippen molar-refractivity contribution in [1.82, 2.24) is 15.5 Å². The van der Waals surface area contributed by atoms with Gasteiger partial charge in [-0.1, -0.05) is 30.3 Å². The van der Waals surface area contributed by atoms with E-state index in [1.807, 2.05) is 30.3 Å². The fourth-order valence-corrected chi connectivity index (χ4v) is 3.50. The second kappa shape index (κ2) is 10.8. The SMILES string of the molecule is CN=C(NCc1ccccc1OC)NCC(c1cccc(F)c1)N1CCOCC1. The lowest BCUT2D eigenvalue weighted by atomic mass is 10.0. The summed E-state index contributed by atoms with van der Waals surface area (Å²) in [4.78, 5) is 6.64. The molecule has 1 atom stereocenters. The zero-order chi connectivity index (χ0) is 20.5. The first-order valence-corrected chi connectivity index (χ1v) is 9.85. The first-order valence-electron chi connectivity index (χ1n) is 9.85. The molecular formula is C22H29FN4O2. The van der Waals surface area contributed by atoms with Crippen molar-refractivity contribution in [3.8, 4) is 5.75 Å². The average Bonchev–Trinajstić information content (AvgIpc) is 2.77. The highest BCUT2D eigenvalue weighted by Crippen LogP contribution is 2.22. The molecule has 0 radical (unpaired) electrons. The van der Waals surface area contributed by atoms with Gasteiger partial charge < -0.3 is 20.1 Å². The van der Waals surface area contributed by atoms with Crippen LogP contribution in [-0.2, 0) is 11.3 Å². The highest BCUT2D eigenvalue weighted by atomic mass is 19.1. The van der Waals surface area contributed by atoms with Crippen LogP contribution < -0.4 is 15.4 Å². The van der Waals surface area contributed by atoms with Gasteiger partial charge in [0.25, 0.3) is 0 Å². The van der Waals surface area contributed by atoms with Crippen LogP contribution in [-0.4, -0.2) is 57.9 Å². The summed E-state index contributed by atoms with van der Waals surface area (Å²) in [7, 11) is 3.40. The number of hydrogen-bond acceptors (Lipinski definition) is 4. The van der Waals surface area contributed by atoms with E-state index in [4.69, 9.17) is 9.47 Å². The summed E-state index contributed by atoms with van der Waals surface area (Å²) in [6, 6.07) is 14.7. The van der Waals surface area contributed by atoms with Crippen molar-refractivity contribution in [1.29, 1.82) is 0 Å². The Morgan fingerprint density at radius 2 is 1.97 bits per heavy atom. The van der Waals surface area contributed by atoms with Crippen molar-refractivity contribution in [2.75, 3.05) is 47.0 Å². The molecule has 0 spiro atoms. The van der Waals surface area contributed by atoms with Gasteiger partial charge in [0.15, 0.2) is 5.96 Å². The summed E-state index contributed by atoms with van der Waals surface area (Å²) in [6.45, 7) is 4.20. The van der Waals surface area contributed by atoms with Crippen molar-refractivity contribution in [3.63, 3.8) is 0 Å². The number of rotatable bonds is 7. The van der Waals surface area contributed by atoms with E-state index in [0.717, 1.165) is 30.0 Å². The Morgan fingerprint density at radius 3 is 2.69 bits per heavy atom. The molecule has 1 heterocycles. The molecule has 1 aliphatic heterocycles. The maximum absolute atomic E-state index is 13.8. The van der Waals surface area contributed by atoms with Gasteiger partial charge in [-0.15, -0.1) is 0 Å².